The molecule has 1 aromatic carbocycles. The molecule has 0 aliphatic rings. The molecule has 0 radical (unpaired) electrons. The number of rotatable bonds is 7. The second-order valence-corrected chi connectivity index (χ2v) is 5.98. The van der Waals surface area contributed by atoms with E-state index in [0.29, 0.717) is 23.9 Å². The molecule has 110 valence electrons. The van der Waals surface area contributed by atoms with Crippen LogP contribution in [0.3, 0.4) is 0 Å². The third kappa shape index (κ3) is 4.80. The number of hydrogen-bond acceptors (Lipinski definition) is 6. The van der Waals surface area contributed by atoms with Gasteiger partial charge in [0.25, 0.3) is 0 Å². The summed E-state index contributed by atoms with van der Waals surface area (Å²) in [6, 6.07) is 9.29. The Morgan fingerprint density at radius 3 is 3.05 bits per heavy atom. The Labute approximate surface area is 128 Å². The highest BCUT2D eigenvalue weighted by Gasteiger charge is 2.12. The molecule has 0 fully saturated rings. The summed E-state index contributed by atoms with van der Waals surface area (Å²) in [5.41, 5.74) is 0.613. The van der Waals surface area contributed by atoms with Gasteiger partial charge in [0.2, 0.25) is 5.89 Å². The summed E-state index contributed by atoms with van der Waals surface area (Å²) in [7, 11) is 0. The van der Waals surface area contributed by atoms with E-state index in [4.69, 9.17) is 14.5 Å². The highest BCUT2D eigenvalue weighted by molar-refractivity contribution is 7.99. The number of benzene rings is 1. The van der Waals surface area contributed by atoms with Crippen LogP contribution in [0, 0.1) is 18.3 Å². The molecule has 0 saturated heterocycles. The summed E-state index contributed by atoms with van der Waals surface area (Å²) in [5, 5.41) is 12.8. The molecule has 0 unspecified atom stereocenters. The molecule has 0 amide bonds. The Morgan fingerprint density at radius 2 is 2.33 bits per heavy atom. The first-order valence-electron chi connectivity index (χ1n) is 6.74. The van der Waals surface area contributed by atoms with Crippen molar-refractivity contribution in [2.45, 2.75) is 25.5 Å². The zero-order chi connectivity index (χ0) is 15.1. The molecule has 1 atom stereocenters. The number of aryl methyl sites for hydroxylation is 1. The van der Waals surface area contributed by atoms with Crippen LogP contribution in [0.2, 0.25) is 0 Å². The quantitative estimate of drug-likeness (QED) is 0.729. The normalized spacial score (nSPS) is 11.9. The van der Waals surface area contributed by atoms with Gasteiger partial charge < -0.3 is 9.26 Å². The number of hydrogen-bond donors (Lipinski definition) is 0. The monoisotopic (exact) mass is 303 g/mol. The molecule has 2 aromatic rings. The predicted molar refractivity (Wildman–Crippen MR) is 81.2 cm³/mol. The van der Waals surface area contributed by atoms with Crippen molar-refractivity contribution in [1.82, 2.24) is 10.1 Å². The standard InChI is InChI=1S/C15H17N3O2S/c1-11(15-17-12(2)18-20-15)21-8-4-7-19-14-6-3-5-13(9-14)10-16/h3,5-6,9,11H,4,7-8H2,1-2H3/t11-/m0/s1. The van der Waals surface area contributed by atoms with Gasteiger partial charge in [-0.2, -0.15) is 10.2 Å². The van der Waals surface area contributed by atoms with Gasteiger partial charge in [-0.05, 0) is 44.2 Å². The molecule has 0 saturated carbocycles. The Balaban J connectivity index is 1.67. The lowest BCUT2D eigenvalue weighted by molar-refractivity contribution is 0.318. The van der Waals surface area contributed by atoms with Crippen LogP contribution < -0.4 is 4.74 Å². The van der Waals surface area contributed by atoms with Crippen molar-refractivity contribution >= 4 is 11.8 Å². The molecule has 21 heavy (non-hydrogen) atoms. The minimum absolute atomic E-state index is 0.188. The minimum Gasteiger partial charge on any atom is -0.494 e. The first-order chi connectivity index (χ1) is 10.2. The molecule has 1 heterocycles. The molecule has 1 aromatic heterocycles. The van der Waals surface area contributed by atoms with E-state index in [9.17, 15) is 0 Å². The van der Waals surface area contributed by atoms with Gasteiger partial charge in [0.15, 0.2) is 5.82 Å². The SMILES string of the molecule is Cc1noc([C@H](C)SCCCOc2cccc(C#N)c2)n1. The molecule has 0 aliphatic heterocycles. The van der Waals surface area contributed by atoms with E-state index < -0.39 is 0 Å². The third-order valence-electron chi connectivity index (χ3n) is 2.78. The van der Waals surface area contributed by atoms with Crippen molar-refractivity contribution in [1.29, 1.82) is 5.26 Å². The van der Waals surface area contributed by atoms with E-state index >= 15 is 0 Å². The molecule has 0 aliphatic carbocycles. The lowest BCUT2D eigenvalue weighted by Gasteiger charge is -2.08. The van der Waals surface area contributed by atoms with Gasteiger partial charge in [-0.25, -0.2) is 0 Å². The summed E-state index contributed by atoms with van der Waals surface area (Å²) >= 11 is 1.76. The molecule has 6 heteroatoms. The van der Waals surface area contributed by atoms with Crippen molar-refractivity contribution in [2.75, 3.05) is 12.4 Å². The van der Waals surface area contributed by atoms with Gasteiger partial charge in [0.1, 0.15) is 5.75 Å². The Bertz CT molecular complexity index is 621. The zero-order valence-electron chi connectivity index (χ0n) is 12.1. The van der Waals surface area contributed by atoms with Gasteiger partial charge in [0.05, 0.1) is 23.5 Å². The van der Waals surface area contributed by atoms with E-state index in [1.165, 1.54) is 0 Å². The molecular weight excluding hydrogens is 286 g/mol. The largest absolute Gasteiger partial charge is 0.494 e. The topological polar surface area (TPSA) is 71.9 Å². The predicted octanol–water partition coefficient (Wildman–Crippen LogP) is 3.51. The van der Waals surface area contributed by atoms with Crippen LogP contribution in [-0.2, 0) is 0 Å². The van der Waals surface area contributed by atoms with Crippen molar-refractivity contribution in [3.8, 4) is 11.8 Å². The smallest absolute Gasteiger partial charge is 0.239 e. The second-order valence-electron chi connectivity index (χ2n) is 4.53. The van der Waals surface area contributed by atoms with Gasteiger partial charge >= 0.3 is 0 Å². The van der Waals surface area contributed by atoms with Gasteiger partial charge in [-0.15, -0.1) is 11.8 Å². The second kappa shape index (κ2) is 7.70. The zero-order valence-corrected chi connectivity index (χ0v) is 12.9. The maximum atomic E-state index is 8.81. The summed E-state index contributed by atoms with van der Waals surface area (Å²) in [4.78, 5) is 4.22. The number of nitrogens with zero attached hydrogens (tertiary/aromatic N) is 3. The Kier molecular flexibility index (Phi) is 5.64. The molecule has 2 rings (SSSR count). The average molecular weight is 303 g/mol. The maximum Gasteiger partial charge on any atom is 0.239 e. The van der Waals surface area contributed by atoms with Crippen LogP contribution in [0.4, 0.5) is 0 Å². The van der Waals surface area contributed by atoms with E-state index in [-0.39, 0.29) is 5.25 Å². The van der Waals surface area contributed by atoms with Crippen molar-refractivity contribution in [3.05, 3.63) is 41.5 Å². The van der Waals surface area contributed by atoms with Crippen LogP contribution in [-0.4, -0.2) is 22.5 Å². The summed E-state index contributed by atoms with van der Waals surface area (Å²) < 4.78 is 10.8. The van der Waals surface area contributed by atoms with Crippen molar-refractivity contribution < 1.29 is 9.26 Å². The highest BCUT2D eigenvalue weighted by atomic mass is 32.2. The first-order valence-corrected chi connectivity index (χ1v) is 7.78. The van der Waals surface area contributed by atoms with E-state index in [1.54, 1.807) is 23.9 Å². The fraction of sp³-hybridized carbons (Fsp3) is 0.400. The first kappa shape index (κ1) is 15.4. The fourth-order valence-corrected chi connectivity index (χ4v) is 2.59. The van der Waals surface area contributed by atoms with Crippen molar-refractivity contribution in [3.63, 3.8) is 0 Å². The third-order valence-corrected chi connectivity index (χ3v) is 4.01. The van der Waals surface area contributed by atoms with E-state index in [1.807, 2.05) is 19.1 Å². The van der Waals surface area contributed by atoms with E-state index in [2.05, 4.69) is 23.1 Å². The molecule has 0 N–H and O–H groups in total. The van der Waals surface area contributed by atoms with Gasteiger partial charge in [-0.1, -0.05) is 11.2 Å². The lowest BCUT2D eigenvalue weighted by Crippen LogP contribution is -2.00. The van der Waals surface area contributed by atoms with Crippen LogP contribution in [0.1, 0.15) is 35.9 Å². The lowest BCUT2D eigenvalue weighted by atomic mass is 10.2. The molecule has 0 bridgehead atoms. The summed E-state index contributed by atoms with van der Waals surface area (Å²) in [6.07, 6.45) is 0.916. The number of ether oxygens (including phenoxy) is 1. The van der Waals surface area contributed by atoms with Gasteiger partial charge in [0, 0.05) is 0 Å². The molecule has 5 nitrogen and oxygen atoms in total. The molecule has 0 spiro atoms. The Hall–Kier alpha value is -2.00. The number of aromatic nitrogens is 2. The summed E-state index contributed by atoms with van der Waals surface area (Å²) in [5.74, 6) is 3.01. The number of thioether (sulfide) groups is 1. The van der Waals surface area contributed by atoms with E-state index in [0.717, 1.165) is 17.9 Å². The van der Waals surface area contributed by atoms with Crippen LogP contribution in [0.25, 0.3) is 0 Å². The van der Waals surface area contributed by atoms with Gasteiger partial charge in [-0.3, -0.25) is 0 Å². The minimum atomic E-state index is 0.188. The van der Waals surface area contributed by atoms with Crippen LogP contribution >= 0.6 is 11.8 Å². The van der Waals surface area contributed by atoms with Crippen LogP contribution in [0.5, 0.6) is 5.75 Å². The van der Waals surface area contributed by atoms with Crippen LogP contribution in [0.15, 0.2) is 28.8 Å². The average Bonchev–Trinajstić information content (AvgIpc) is 2.93. The highest BCUT2D eigenvalue weighted by Crippen LogP contribution is 2.27. The maximum absolute atomic E-state index is 8.81. The van der Waals surface area contributed by atoms with Crippen molar-refractivity contribution in [2.24, 2.45) is 0 Å². The molecular formula is C15H17N3O2S. The summed E-state index contributed by atoms with van der Waals surface area (Å²) in [6.45, 7) is 4.49. The fourth-order valence-electron chi connectivity index (χ4n) is 1.71. The number of nitriles is 1. The Morgan fingerprint density at radius 1 is 1.48 bits per heavy atom.